The van der Waals surface area contributed by atoms with Crippen molar-refractivity contribution in [2.75, 3.05) is 6.54 Å². The maximum Gasteiger partial charge on any atom is 0.0743 e. The van der Waals surface area contributed by atoms with Gasteiger partial charge in [-0.15, -0.1) is 11.3 Å². The molecule has 0 radical (unpaired) electrons. The van der Waals surface area contributed by atoms with Gasteiger partial charge in [-0.25, -0.2) is 0 Å². The summed E-state index contributed by atoms with van der Waals surface area (Å²) in [7, 11) is 0. The monoisotopic (exact) mass is 241 g/mol. The Morgan fingerprint density at radius 2 is 2.25 bits per heavy atom. The molecule has 0 aliphatic carbocycles. The maximum atomic E-state index is 10.1. The number of aliphatic hydroxyl groups is 1. The molecule has 0 aliphatic rings. The van der Waals surface area contributed by atoms with Crippen molar-refractivity contribution < 1.29 is 5.11 Å². The van der Waals surface area contributed by atoms with E-state index < -0.39 is 5.60 Å². The Morgan fingerprint density at radius 1 is 1.50 bits per heavy atom. The van der Waals surface area contributed by atoms with Crippen LogP contribution < -0.4 is 5.32 Å². The topological polar surface area (TPSA) is 32.3 Å². The third kappa shape index (κ3) is 5.64. The van der Waals surface area contributed by atoms with Gasteiger partial charge in [-0.3, -0.25) is 0 Å². The van der Waals surface area contributed by atoms with Crippen LogP contribution in [-0.2, 0) is 6.54 Å². The molecule has 1 unspecified atom stereocenters. The van der Waals surface area contributed by atoms with E-state index in [-0.39, 0.29) is 0 Å². The van der Waals surface area contributed by atoms with E-state index in [1.54, 1.807) is 11.3 Å². The number of thiophene rings is 1. The second-order valence-electron chi connectivity index (χ2n) is 5.11. The van der Waals surface area contributed by atoms with E-state index in [1.807, 2.05) is 6.92 Å². The molecular formula is C13H23NOS. The Labute approximate surface area is 103 Å². The van der Waals surface area contributed by atoms with Crippen molar-refractivity contribution in [3.8, 4) is 0 Å². The van der Waals surface area contributed by atoms with Gasteiger partial charge in [0.05, 0.1) is 5.60 Å². The number of hydrogen-bond acceptors (Lipinski definition) is 3. The van der Waals surface area contributed by atoms with Crippen LogP contribution in [0.4, 0.5) is 0 Å². The van der Waals surface area contributed by atoms with Crippen LogP contribution in [0.3, 0.4) is 0 Å². The molecule has 2 N–H and O–H groups in total. The minimum atomic E-state index is -0.582. The fraction of sp³-hybridized carbons (Fsp3) is 0.692. The summed E-state index contributed by atoms with van der Waals surface area (Å²) in [4.78, 5) is 1.32. The van der Waals surface area contributed by atoms with Gasteiger partial charge in [-0.1, -0.05) is 19.9 Å². The molecule has 0 aliphatic heterocycles. The zero-order chi connectivity index (χ0) is 12.0. The summed E-state index contributed by atoms with van der Waals surface area (Å²) in [5.74, 6) is 0.656. The van der Waals surface area contributed by atoms with Crippen molar-refractivity contribution in [3.63, 3.8) is 0 Å². The van der Waals surface area contributed by atoms with Gasteiger partial charge in [-0.2, -0.15) is 0 Å². The SMILES string of the molecule is CC(C)CCC(C)(O)CNCc1cccs1. The maximum absolute atomic E-state index is 10.1. The normalized spacial score (nSPS) is 15.3. The number of hydrogen-bond donors (Lipinski definition) is 2. The summed E-state index contributed by atoms with van der Waals surface area (Å²) in [5.41, 5.74) is -0.582. The van der Waals surface area contributed by atoms with E-state index in [2.05, 4.69) is 36.7 Å². The van der Waals surface area contributed by atoms with Gasteiger partial charge >= 0.3 is 0 Å². The summed E-state index contributed by atoms with van der Waals surface area (Å²) >= 11 is 1.75. The lowest BCUT2D eigenvalue weighted by molar-refractivity contribution is 0.0451. The average molecular weight is 241 g/mol. The highest BCUT2D eigenvalue weighted by Gasteiger charge is 2.19. The van der Waals surface area contributed by atoms with E-state index in [0.717, 1.165) is 19.4 Å². The lowest BCUT2D eigenvalue weighted by Crippen LogP contribution is -2.37. The summed E-state index contributed by atoms with van der Waals surface area (Å²) in [6.45, 7) is 7.81. The lowest BCUT2D eigenvalue weighted by atomic mass is 9.95. The smallest absolute Gasteiger partial charge is 0.0743 e. The summed E-state index contributed by atoms with van der Waals surface area (Å²) < 4.78 is 0. The second-order valence-corrected chi connectivity index (χ2v) is 6.14. The van der Waals surface area contributed by atoms with Gasteiger partial charge in [0, 0.05) is 18.0 Å². The van der Waals surface area contributed by atoms with Crippen LogP contribution >= 0.6 is 11.3 Å². The Bertz CT molecular complexity index is 280. The first-order valence-corrected chi connectivity index (χ1v) is 6.83. The van der Waals surface area contributed by atoms with Crippen LogP contribution in [0.5, 0.6) is 0 Å². The molecule has 0 amide bonds. The molecule has 0 bridgehead atoms. The molecule has 0 fully saturated rings. The Kier molecular flexibility index (Phi) is 5.46. The van der Waals surface area contributed by atoms with E-state index in [9.17, 15) is 5.11 Å². The van der Waals surface area contributed by atoms with Crippen LogP contribution in [0, 0.1) is 5.92 Å². The highest BCUT2D eigenvalue weighted by molar-refractivity contribution is 7.09. The van der Waals surface area contributed by atoms with Gasteiger partial charge in [0.25, 0.3) is 0 Å². The summed E-state index contributed by atoms with van der Waals surface area (Å²) in [6.07, 6.45) is 1.94. The molecule has 0 saturated carbocycles. The van der Waals surface area contributed by atoms with Crippen molar-refractivity contribution >= 4 is 11.3 Å². The zero-order valence-electron chi connectivity index (χ0n) is 10.5. The summed E-state index contributed by atoms with van der Waals surface area (Å²) in [5, 5.41) is 15.5. The molecule has 1 atom stereocenters. The largest absolute Gasteiger partial charge is 0.389 e. The van der Waals surface area contributed by atoms with E-state index >= 15 is 0 Å². The van der Waals surface area contributed by atoms with Gasteiger partial charge in [0.1, 0.15) is 0 Å². The first kappa shape index (κ1) is 13.7. The molecule has 0 saturated heterocycles. The molecule has 1 rings (SSSR count). The third-order valence-electron chi connectivity index (χ3n) is 2.65. The van der Waals surface area contributed by atoms with Crippen LogP contribution in [0.15, 0.2) is 17.5 Å². The predicted molar refractivity (Wildman–Crippen MR) is 70.7 cm³/mol. The first-order valence-electron chi connectivity index (χ1n) is 5.95. The van der Waals surface area contributed by atoms with Crippen molar-refractivity contribution in [3.05, 3.63) is 22.4 Å². The fourth-order valence-electron chi connectivity index (χ4n) is 1.56. The quantitative estimate of drug-likeness (QED) is 0.769. The fourth-order valence-corrected chi connectivity index (χ4v) is 2.23. The molecule has 0 spiro atoms. The Morgan fingerprint density at radius 3 is 2.81 bits per heavy atom. The van der Waals surface area contributed by atoms with Crippen molar-refractivity contribution in [1.82, 2.24) is 5.32 Å². The standard InChI is InChI=1S/C13H23NOS/c1-11(2)6-7-13(3,15)10-14-9-12-5-4-8-16-12/h4-5,8,11,14-15H,6-7,9-10H2,1-3H3. The summed E-state index contributed by atoms with van der Waals surface area (Å²) in [6, 6.07) is 4.17. The minimum Gasteiger partial charge on any atom is -0.389 e. The molecule has 1 heterocycles. The van der Waals surface area contributed by atoms with Crippen molar-refractivity contribution in [2.45, 2.75) is 45.8 Å². The highest BCUT2D eigenvalue weighted by atomic mass is 32.1. The van der Waals surface area contributed by atoms with Crippen molar-refractivity contribution in [1.29, 1.82) is 0 Å². The second kappa shape index (κ2) is 6.38. The molecule has 16 heavy (non-hydrogen) atoms. The van der Waals surface area contributed by atoms with Crippen LogP contribution in [0.25, 0.3) is 0 Å². The van der Waals surface area contributed by atoms with Gasteiger partial charge in [0.2, 0.25) is 0 Å². The lowest BCUT2D eigenvalue weighted by Gasteiger charge is -2.24. The van der Waals surface area contributed by atoms with Gasteiger partial charge in [-0.05, 0) is 37.1 Å². The molecular weight excluding hydrogens is 218 g/mol. The Balaban J connectivity index is 2.20. The first-order chi connectivity index (χ1) is 7.49. The van der Waals surface area contributed by atoms with E-state index in [1.165, 1.54) is 4.88 Å². The molecule has 1 aromatic heterocycles. The molecule has 3 heteroatoms. The Hall–Kier alpha value is -0.380. The number of rotatable bonds is 7. The molecule has 1 aromatic rings. The molecule has 2 nitrogen and oxygen atoms in total. The van der Waals surface area contributed by atoms with Gasteiger partial charge < -0.3 is 10.4 Å². The molecule has 92 valence electrons. The van der Waals surface area contributed by atoms with E-state index in [4.69, 9.17) is 0 Å². The molecule has 0 aromatic carbocycles. The van der Waals surface area contributed by atoms with E-state index in [0.29, 0.717) is 12.5 Å². The predicted octanol–water partition coefficient (Wildman–Crippen LogP) is 3.02. The third-order valence-corrected chi connectivity index (χ3v) is 3.52. The highest BCUT2D eigenvalue weighted by Crippen LogP contribution is 2.16. The zero-order valence-corrected chi connectivity index (χ0v) is 11.3. The number of nitrogens with one attached hydrogen (secondary N) is 1. The van der Waals surface area contributed by atoms with Gasteiger partial charge in [0.15, 0.2) is 0 Å². The van der Waals surface area contributed by atoms with Crippen LogP contribution in [0.2, 0.25) is 0 Å². The van der Waals surface area contributed by atoms with Crippen LogP contribution in [0.1, 0.15) is 38.5 Å². The van der Waals surface area contributed by atoms with Crippen molar-refractivity contribution in [2.24, 2.45) is 5.92 Å². The average Bonchev–Trinajstić information content (AvgIpc) is 2.68. The van der Waals surface area contributed by atoms with Crippen LogP contribution in [-0.4, -0.2) is 17.3 Å². The minimum absolute atomic E-state index is 0.582.